The summed E-state index contributed by atoms with van der Waals surface area (Å²) < 4.78 is 0. The van der Waals surface area contributed by atoms with Crippen LogP contribution in [0.4, 0.5) is 0 Å². The van der Waals surface area contributed by atoms with Crippen LogP contribution in [0.5, 0.6) is 0 Å². The Morgan fingerprint density at radius 3 is 2.63 bits per heavy atom. The molecule has 1 aliphatic heterocycles. The van der Waals surface area contributed by atoms with E-state index in [1.54, 1.807) is 0 Å². The summed E-state index contributed by atoms with van der Waals surface area (Å²) in [7, 11) is 0. The average molecular weight is 268 g/mol. The van der Waals surface area contributed by atoms with E-state index in [4.69, 9.17) is 0 Å². The fourth-order valence-corrected chi connectivity index (χ4v) is 2.70. The van der Waals surface area contributed by atoms with Crippen molar-refractivity contribution in [2.24, 2.45) is 11.3 Å². The zero-order valence-corrected chi connectivity index (χ0v) is 13.1. The molecule has 0 spiro atoms. The van der Waals surface area contributed by atoms with Gasteiger partial charge in [-0.25, -0.2) is 0 Å². The van der Waals surface area contributed by atoms with Gasteiger partial charge in [0, 0.05) is 13.1 Å². The molecule has 1 rings (SSSR count). The predicted molar refractivity (Wildman–Crippen MR) is 81.1 cm³/mol. The van der Waals surface area contributed by atoms with Crippen LogP contribution in [-0.4, -0.2) is 25.5 Å². The predicted octanol–water partition coefficient (Wildman–Crippen LogP) is 3.10. The number of nitrogens with one attached hydrogen (secondary N) is 2. The zero-order chi connectivity index (χ0) is 14.1. The number of carbonyl (C=O) groups is 1. The Kier molecular flexibility index (Phi) is 7.44. The topological polar surface area (TPSA) is 41.1 Å². The van der Waals surface area contributed by atoms with Crippen molar-refractivity contribution in [3.8, 4) is 0 Å². The third-order valence-corrected chi connectivity index (χ3v) is 4.14. The van der Waals surface area contributed by atoms with Crippen molar-refractivity contribution in [3.63, 3.8) is 0 Å². The molecule has 0 saturated carbocycles. The van der Waals surface area contributed by atoms with Gasteiger partial charge in [-0.15, -0.1) is 0 Å². The Hall–Kier alpha value is -0.570. The van der Waals surface area contributed by atoms with Gasteiger partial charge in [0.05, 0.1) is 5.41 Å². The summed E-state index contributed by atoms with van der Waals surface area (Å²) >= 11 is 0. The molecule has 0 aromatic carbocycles. The molecule has 1 unspecified atom stereocenters. The Morgan fingerprint density at radius 1 is 1.26 bits per heavy atom. The first-order valence-electron chi connectivity index (χ1n) is 8.03. The Labute approximate surface area is 118 Å². The third-order valence-electron chi connectivity index (χ3n) is 4.14. The molecule has 112 valence electrons. The molecule has 1 fully saturated rings. The highest BCUT2D eigenvalue weighted by atomic mass is 16.2. The van der Waals surface area contributed by atoms with Crippen molar-refractivity contribution in [2.45, 2.75) is 65.7 Å². The quantitative estimate of drug-likeness (QED) is 0.664. The zero-order valence-electron chi connectivity index (χ0n) is 13.1. The molecule has 2 N–H and O–H groups in total. The van der Waals surface area contributed by atoms with Crippen LogP contribution in [0.2, 0.25) is 0 Å². The molecular weight excluding hydrogens is 236 g/mol. The highest BCUT2D eigenvalue weighted by Gasteiger charge is 2.34. The van der Waals surface area contributed by atoms with Gasteiger partial charge in [0.15, 0.2) is 0 Å². The van der Waals surface area contributed by atoms with Gasteiger partial charge >= 0.3 is 0 Å². The van der Waals surface area contributed by atoms with Gasteiger partial charge in [-0.2, -0.15) is 0 Å². The van der Waals surface area contributed by atoms with Crippen LogP contribution in [0.15, 0.2) is 0 Å². The van der Waals surface area contributed by atoms with Crippen molar-refractivity contribution >= 4 is 5.91 Å². The van der Waals surface area contributed by atoms with Crippen LogP contribution in [0.1, 0.15) is 65.7 Å². The second-order valence-corrected chi connectivity index (χ2v) is 6.69. The summed E-state index contributed by atoms with van der Waals surface area (Å²) in [5.74, 6) is 1.06. The van der Waals surface area contributed by atoms with E-state index in [0.717, 1.165) is 44.8 Å². The number of hydrogen-bond donors (Lipinski definition) is 2. The lowest BCUT2D eigenvalue weighted by molar-refractivity contribution is -0.131. The lowest BCUT2D eigenvalue weighted by Crippen LogP contribution is -2.48. The molecule has 19 heavy (non-hydrogen) atoms. The maximum atomic E-state index is 12.1. The maximum absolute atomic E-state index is 12.1. The van der Waals surface area contributed by atoms with Crippen LogP contribution in [0.3, 0.4) is 0 Å². The first kappa shape index (κ1) is 16.5. The van der Waals surface area contributed by atoms with E-state index < -0.39 is 0 Å². The van der Waals surface area contributed by atoms with E-state index in [1.807, 2.05) is 0 Å². The van der Waals surface area contributed by atoms with Crippen molar-refractivity contribution in [3.05, 3.63) is 0 Å². The molecule has 0 bridgehead atoms. The number of hydrogen-bond acceptors (Lipinski definition) is 2. The lowest BCUT2D eigenvalue weighted by atomic mass is 9.82. The summed E-state index contributed by atoms with van der Waals surface area (Å²) in [6, 6.07) is 0. The molecule has 0 aromatic heterocycles. The molecule has 0 aliphatic carbocycles. The standard InChI is InChI=1S/C16H32N2O/c1-14(2)9-6-4-5-7-12-18-15(19)16(3)10-8-11-17-13-16/h14,17H,4-13H2,1-3H3,(H,18,19). The van der Waals surface area contributed by atoms with Crippen molar-refractivity contribution in [1.82, 2.24) is 10.6 Å². The van der Waals surface area contributed by atoms with E-state index in [-0.39, 0.29) is 11.3 Å². The largest absolute Gasteiger partial charge is 0.356 e. The Morgan fingerprint density at radius 2 is 2.00 bits per heavy atom. The number of piperidine rings is 1. The Balaban J connectivity index is 2.04. The van der Waals surface area contributed by atoms with E-state index in [0.29, 0.717) is 0 Å². The van der Waals surface area contributed by atoms with Crippen molar-refractivity contribution in [2.75, 3.05) is 19.6 Å². The molecule has 1 aliphatic rings. The highest BCUT2D eigenvalue weighted by molar-refractivity contribution is 5.82. The highest BCUT2D eigenvalue weighted by Crippen LogP contribution is 2.25. The molecule has 3 heteroatoms. The molecule has 1 saturated heterocycles. The second-order valence-electron chi connectivity index (χ2n) is 6.69. The molecule has 1 atom stereocenters. The van der Waals surface area contributed by atoms with Gasteiger partial charge < -0.3 is 10.6 Å². The minimum Gasteiger partial charge on any atom is -0.356 e. The van der Waals surface area contributed by atoms with Crippen molar-refractivity contribution in [1.29, 1.82) is 0 Å². The molecule has 0 radical (unpaired) electrons. The molecule has 0 aromatic rings. The minimum atomic E-state index is -0.185. The number of unbranched alkanes of at least 4 members (excludes halogenated alkanes) is 3. The van der Waals surface area contributed by atoms with Crippen molar-refractivity contribution < 1.29 is 4.79 Å². The Bertz CT molecular complexity index is 257. The van der Waals surface area contributed by atoms with Gasteiger partial charge in [0.1, 0.15) is 0 Å². The summed E-state index contributed by atoms with van der Waals surface area (Å²) in [6.45, 7) is 9.36. The summed E-state index contributed by atoms with van der Waals surface area (Å²) in [5.41, 5.74) is -0.185. The van der Waals surface area contributed by atoms with Gasteiger partial charge in [-0.05, 0) is 38.6 Å². The smallest absolute Gasteiger partial charge is 0.227 e. The SMILES string of the molecule is CC(C)CCCCCCNC(=O)C1(C)CCCNC1. The van der Waals surface area contributed by atoms with Crippen LogP contribution >= 0.6 is 0 Å². The summed E-state index contributed by atoms with van der Waals surface area (Å²) in [5, 5.41) is 6.44. The molecule has 1 amide bonds. The number of rotatable bonds is 8. The normalized spacial score (nSPS) is 23.6. The molecule has 3 nitrogen and oxygen atoms in total. The monoisotopic (exact) mass is 268 g/mol. The minimum absolute atomic E-state index is 0.185. The van der Waals surface area contributed by atoms with Crippen LogP contribution in [0.25, 0.3) is 0 Å². The van der Waals surface area contributed by atoms with Crippen LogP contribution < -0.4 is 10.6 Å². The first-order valence-corrected chi connectivity index (χ1v) is 8.03. The van der Waals surface area contributed by atoms with Gasteiger partial charge in [-0.3, -0.25) is 4.79 Å². The van der Waals surface area contributed by atoms with Gasteiger partial charge in [0.2, 0.25) is 5.91 Å². The molecule has 1 heterocycles. The van der Waals surface area contributed by atoms with Crippen LogP contribution in [0, 0.1) is 11.3 Å². The van der Waals surface area contributed by atoms with E-state index in [1.165, 1.54) is 25.7 Å². The van der Waals surface area contributed by atoms with E-state index in [9.17, 15) is 4.79 Å². The van der Waals surface area contributed by atoms with Crippen LogP contribution in [-0.2, 0) is 4.79 Å². The van der Waals surface area contributed by atoms with E-state index in [2.05, 4.69) is 31.4 Å². The first-order chi connectivity index (χ1) is 9.04. The summed E-state index contributed by atoms with van der Waals surface area (Å²) in [6.07, 6.45) is 8.44. The van der Waals surface area contributed by atoms with Gasteiger partial charge in [0.25, 0.3) is 0 Å². The average Bonchev–Trinajstić information content (AvgIpc) is 2.38. The third kappa shape index (κ3) is 6.42. The fraction of sp³-hybridized carbons (Fsp3) is 0.938. The van der Waals surface area contributed by atoms with Gasteiger partial charge in [-0.1, -0.05) is 39.5 Å². The number of carbonyl (C=O) groups excluding carboxylic acids is 1. The van der Waals surface area contributed by atoms with E-state index >= 15 is 0 Å². The second kappa shape index (κ2) is 8.57. The summed E-state index contributed by atoms with van der Waals surface area (Å²) in [4.78, 5) is 12.1. The molecular formula is C16H32N2O. The number of amides is 1. The fourth-order valence-electron chi connectivity index (χ4n) is 2.70. The maximum Gasteiger partial charge on any atom is 0.227 e. The lowest BCUT2D eigenvalue weighted by Gasteiger charge is -2.32.